The molecule has 21 heavy (non-hydrogen) atoms. The molecule has 0 saturated heterocycles. The van der Waals surface area contributed by atoms with Gasteiger partial charge in [0.25, 0.3) is 0 Å². The van der Waals surface area contributed by atoms with Crippen LogP contribution >= 0.6 is 0 Å². The maximum absolute atomic E-state index is 3.66. The van der Waals surface area contributed by atoms with Gasteiger partial charge in [-0.2, -0.15) is 12.2 Å². The van der Waals surface area contributed by atoms with Crippen LogP contribution in [0.3, 0.4) is 0 Å². The van der Waals surface area contributed by atoms with Crippen molar-refractivity contribution >= 4 is 0 Å². The zero-order chi connectivity index (χ0) is 13.1. The Morgan fingerprint density at radius 3 is 1.48 bits per heavy atom. The Morgan fingerprint density at radius 1 is 0.857 bits per heavy atom. The van der Waals surface area contributed by atoms with Gasteiger partial charge >= 0.3 is 26.2 Å². The summed E-state index contributed by atoms with van der Waals surface area (Å²) in [6, 6.07) is 0. The Hall–Kier alpha value is -0.817. The van der Waals surface area contributed by atoms with Crippen LogP contribution in [0.1, 0.15) is 38.5 Å². The Morgan fingerprint density at radius 2 is 1.24 bits per heavy atom. The van der Waals surface area contributed by atoms with Crippen LogP contribution in [-0.4, -0.2) is 0 Å². The van der Waals surface area contributed by atoms with E-state index in [9.17, 15) is 0 Å². The molecule has 0 unspecified atom stereocenters. The molecule has 0 spiro atoms. The van der Waals surface area contributed by atoms with Gasteiger partial charge in [0.15, 0.2) is 0 Å². The predicted octanol–water partition coefficient (Wildman–Crippen LogP) is 5.59. The third-order valence-corrected chi connectivity index (χ3v) is 2.77. The number of hydrogen-bond donors (Lipinski definition) is 0. The van der Waals surface area contributed by atoms with Crippen LogP contribution < -0.4 is 0 Å². The van der Waals surface area contributed by atoms with Gasteiger partial charge in [0, 0.05) is 0 Å². The molecule has 0 N–H and O–H groups in total. The van der Waals surface area contributed by atoms with E-state index in [1.165, 1.54) is 11.1 Å². The van der Waals surface area contributed by atoms with Crippen LogP contribution in [0.2, 0.25) is 0 Å². The van der Waals surface area contributed by atoms with Gasteiger partial charge in [0.1, 0.15) is 0 Å². The van der Waals surface area contributed by atoms with Gasteiger partial charge < -0.3 is 0 Å². The van der Waals surface area contributed by atoms with E-state index in [0.717, 1.165) is 38.5 Å². The second-order valence-electron chi connectivity index (χ2n) is 4.27. The fraction of sp³-hybridized carbons (Fsp3) is 0.333. The molecule has 114 valence electrons. The Balaban J connectivity index is -0.000000270. The minimum Gasteiger partial charge on any atom is -0.269 e. The molecule has 2 aliphatic rings. The van der Waals surface area contributed by atoms with Gasteiger partial charge in [0.05, 0.1) is 0 Å². The molecular weight excluding hydrogens is 345 g/mol. The van der Waals surface area contributed by atoms with Crippen molar-refractivity contribution in [1.82, 2.24) is 0 Å². The van der Waals surface area contributed by atoms with Gasteiger partial charge in [-0.05, 0) is 12.8 Å². The summed E-state index contributed by atoms with van der Waals surface area (Å²) in [4.78, 5) is 0. The molecule has 0 bridgehead atoms. The molecule has 0 aromatic heterocycles. The first-order chi connectivity index (χ1) is 8.86. The fourth-order valence-electron chi connectivity index (χ4n) is 1.76. The summed E-state index contributed by atoms with van der Waals surface area (Å²) in [5.41, 5.74) is 2.69. The fourth-order valence-corrected chi connectivity index (χ4v) is 1.76. The van der Waals surface area contributed by atoms with Gasteiger partial charge in [0.2, 0.25) is 0 Å². The molecule has 0 saturated carbocycles. The summed E-state index contributed by atoms with van der Waals surface area (Å²) in [6.07, 6.45) is 25.3. The smallest absolute Gasteiger partial charge is 0.269 e. The van der Waals surface area contributed by atoms with E-state index in [1.807, 2.05) is 12.2 Å². The third kappa shape index (κ3) is 12.6. The minimum absolute atomic E-state index is 0. The number of hydrogen-bond acceptors (Lipinski definition) is 0. The van der Waals surface area contributed by atoms with Crippen molar-refractivity contribution in [2.75, 3.05) is 0 Å². The second-order valence-corrected chi connectivity index (χ2v) is 4.27. The average Bonchev–Trinajstić information content (AvgIpc) is 3.07. The summed E-state index contributed by atoms with van der Waals surface area (Å²) in [7, 11) is 0. The van der Waals surface area contributed by atoms with Crippen molar-refractivity contribution in [3.63, 3.8) is 0 Å². The van der Waals surface area contributed by atoms with Crippen molar-refractivity contribution in [2.24, 2.45) is 0 Å². The van der Waals surface area contributed by atoms with E-state index in [-0.39, 0.29) is 35.6 Å². The first-order valence-corrected chi connectivity index (χ1v) is 6.61. The monoisotopic (exact) mass is 368 g/mol. The number of allylic oxidation sites excluding steroid dienone is 10. The first-order valence-electron chi connectivity index (χ1n) is 6.61. The van der Waals surface area contributed by atoms with E-state index >= 15 is 0 Å². The summed E-state index contributed by atoms with van der Waals surface area (Å²) in [5, 5.41) is 0. The Bertz CT molecular complexity index is 352. The molecule has 2 rings (SSSR count). The van der Waals surface area contributed by atoms with Crippen molar-refractivity contribution in [2.45, 2.75) is 38.5 Å². The molecule has 0 heterocycles. The molecule has 0 aromatic carbocycles. The van der Waals surface area contributed by atoms with E-state index in [4.69, 9.17) is 0 Å². The topological polar surface area (TPSA) is 0 Å². The van der Waals surface area contributed by atoms with Gasteiger partial charge in [-0.25, -0.2) is 23.3 Å². The minimum atomic E-state index is 0. The zero-order valence-corrected chi connectivity index (χ0v) is 14.9. The molecule has 2 aliphatic carbocycles. The SMILES string of the molecule is C=CCCC1=[C-]CC=C1.C=CCCC1=[C-]CC=C1.F.F.[Zr+2]. The van der Waals surface area contributed by atoms with Crippen LogP contribution in [0.4, 0.5) is 9.41 Å². The van der Waals surface area contributed by atoms with E-state index in [1.54, 1.807) is 0 Å². The predicted molar refractivity (Wildman–Crippen MR) is 84.9 cm³/mol. The molecular formula is C18H24F2Zr. The standard InChI is InChI=1S/2C9H11.2FH.Zr/c2*1-2-3-6-9-7-4-5-8-9;;;/h2*2,4,7H,1,3,5-6H2;2*1H;/q2*-1;;;+2. The molecule has 0 aromatic rings. The van der Waals surface area contributed by atoms with E-state index in [0.29, 0.717) is 0 Å². The van der Waals surface area contributed by atoms with Gasteiger partial charge in [-0.3, -0.25) is 21.6 Å². The number of rotatable bonds is 6. The molecule has 0 atom stereocenters. The normalized spacial score (nSPS) is 13.5. The summed E-state index contributed by atoms with van der Waals surface area (Å²) in [5.74, 6) is 0. The van der Waals surface area contributed by atoms with Crippen LogP contribution in [0.25, 0.3) is 0 Å². The van der Waals surface area contributed by atoms with Crippen LogP contribution in [0.15, 0.2) is 60.8 Å². The maximum Gasteiger partial charge on any atom is 2.00 e. The van der Waals surface area contributed by atoms with Crippen molar-refractivity contribution < 1.29 is 35.6 Å². The first kappa shape index (κ1) is 25.2. The van der Waals surface area contributed by atoms with Crippen LogP contribution in [0, 0.1) is 12.2 Å². The van der Waals surface area contributed by atoms with Gasteiger partial charge in [-0.1, -0.05) is 25.0 Å². The maximum atomic E-state index is 3.66. The average molecular weight is 370 g/mol. The molecule has 0 fully saturated rings. The molecule has 0 radical (unpaired) electrons. The van der Waals surface area contributed by atoms with Crippen molar-refractivity contribution in [1.29, 1.82) is 0 Å². The van der Waals surface area contributed by atoms with Crippen LogP contribution in [0.5, 0.6) is 0 Å². The van der Waals surface area contributed by atoms with E-state index < -0.39 is 0 Å². The summed E-state index contributed by atoms with van der Waals surface area (Å²) in [6.45, 7) is 7.31. The van der Waals surface area contributed by atoms with Crippen LogP contribution in [-0.2, 0) is 26.2 Å². The Labute approximate surface area is 147 Å². The quantitative estimate of drug-likeness (QED) is 0.423. The molecule has 3 heteroatoms. The van der Waals surface area contributed by atoms with Crippen molar-refractivity contribution in [3.05, 3.63) is 72.9 Å². The van der Waals surface area contributed by atoms with E-state index in [2.05, 4.69) is 49.6 Å². The Kier molecular flexibility index (Phi) is 20.6. The molecule has 0 nitrogen and oxygen atoms in total. The summed E-state index contributed by atoms with van der Waals surface area (Å²) < 4.78 is 0. The molecule has 0 aliphatic heterocycles. The van der Waals surface area contributed by atoms with Gasteiger partial charge in [-0.15, -0.1) is 26.0 Å². The zero-order valence-electron chi connectivity index (χ0n) is 12.4. The largest absolute Gasteiger partial charge is 2.00 e. The number of halogens is 2. The second kappa shape index (κ2) is 17.2. The van der Waals surface area contributed by atoms with Crippen molar-refractivity contribution in [3.8, 4) is 0 Å². The third-order valence-electron chi connectivity index (χ3n) is 2.77. The molecule has 0 amide bonds. The summed E-state index contributed by atoms with van der Waals surface area (Å²) >= 11 is 0.